The molecule has 3 aromatic rings. The third-order valence-electron chi connectivity index (χ3n) is 4.32. The molecule has 3 heterocycles. The maximum Gasteiger partial charge on any atom is 0.254 e. The molecule has 2 aromatic heterocycles. The number of hydrogen-bond donors (Lipinski definition) is 1. The number of rotatable bonds is 3. The number of fused-ring (bicyclic) bond motifs is 1. The highest BCUT2D eigenvalue weighted by Crippen LogP contribution is 2.26. The van der Waals surface area contributed by atoms with Gasteiger partial charge in [0.1, 0.15) is 0 Å². The summed E-state index contributed by atoms with van der Waals surface area (Å²) in [4.78, 5) is 23.2. The number of hydrogen-bond acceptors (Lipinski definition) is 4. The highest BCUT2D eigenvalue weighted by molar-refractivity contribution is 7.13. The first-order valence-electron chi connectivity index (χ1n) is 7.92. The SMILES string of the molecule is O=c1[nH]c(-c2cccs2)nc2c1CCN(Cc1ccc(Cl)cc1Cl)C2. The average Bonchev–Trinajstić information content (AvgIpc) is 3.12. The van der Waals surface area contributed by atoms with Gasteiger partial charge in [-0.2, -0.15) is 0 Å². The zero-order valence-electron chi connectivity index (χ0n) is 13.3. The van der Waals surface area contributed by atoms with Crippen LogP contribution in [0.25, 0.3) is 10.7 Å². The Labute approximate surface area is 159 Å². The molecule has 0 aliphatic carbocycles. The highest BCUT2D eigenvalue weighted by Gasteiger charge is 2.22. The summed E-state index contributed by atoms with van der Waals surface area (Å²) >= 11 is 13.8. The lowest BCUT2D eigenvalue weighted by Crippen LogP contribution is -2.35. The van der Waals surface area contributed by atoms with Crippen LogP contribution >= 0.6 is 34.5 Å². The summed E-state index contributed by atoms with van der Waals surface area (Å²) < 4.78 is 0. The molecule has 4 nitrogen and oxygen atoms in total. The normalized spacial score (nSPS) is 14.5. The van der Waals surface area contributed by atoms with Gasteiger partial charge in [-0.05, 0) is 35.6 Å². The van der Waals surface area contributed by atoms with E-state index in [0.717, 1.165) is 28.2 Å². The molecule has 0 amide bonds. The molecular weight excluding hydrogens is 377 g/mol. The molecule has 0 fully saturated rings. The van der Waals surface area contributed by atoms with Gasteiger partial charge in [-0.3, -0.25) is 9.69 Å². The maximum atomic E-state index is 12.4. The van der Waals surface area contributed by atoms with Crippen LogP contribution in [0.5, 0.6) is 0 Å². The Hall–Kier alpha value is -1.66. The summed E-state index contributed by atoms with van der Waals surface area (Å²) in [7, 11) is 0. The van der Waals surface area contributed by atoms with Crippen molar-refractivity contribution in [2.45, 2.75) is 19.5 Å². The fraction of sp³-hybridized carbons (Fsp3) is 0.222. The van der Waals surface area contributed by atoms with Gasteiger partial charge in [0.05, 0.1) is 10.6 Å². The van der Waals surface area contributed by atoms with Crippen LogP contribution in [0.3, 0.4) is 0 Å². The van der Waals surface area contributed by atoms with Crippen LogP contribution in [-0.4, -0.2) is 21.4 Å². The maximum absolute atomic E-state index is 12.4. The molecule has 7 heteroatoms. The summed E-state index contributed by atoms with van der Waals surface area (Å²) in [6.07, 6.45) is 0.688. The van der Waals surface area contributed by atoms with Crippen LogP contribution < -0.4 is 5.56 Å². The molecule has 0 saturated carbocycles. The Morgan fingerprint density at radius 1 is 1.28 bits per heavy atom. The van der Waals surface area contributed by atoms with Crippen LogP contribution in [0.1, 0.15) is 16.8 Å². The van der Waals surface area contributed by atoms with Crippen LogP contribution in [0, 0.1) is 0 Å². The van der Waals surface area contributed by atoms with Crippen LogP contribution in [0.4, 0.5) is 0 Å². The molecule has 4 rings (SSSR count). The molecule has 1 N–H and O–H groups in total. The molecule has 1 aliphatic rings. The van der Waals surface area contributed by atoms with E-state index in [-0.39, 0.29) is 5.56 Å². The van der Waals surface area contributed by atoms with Crippen molar-refractivity contribution in [3.63, 3.8) is 0 Å². The standard InChI is InChI=1S/C18H15Cl2N3OS/c19-12-4-3-11(14(20)8-12)9-23-6-5-13-15(10-23)21-17(22-18(13)24)16-2-1-7-25-16/h1-4,7-8H,5-6,9-10H2,(H,21,22,24). The Morgan fingerprint density at radius 3 is 2.92 bits per heavy atom. The predicted molar refractivity (Wildman–Crippen MR) is 102 cm³/mol. The quantitative estimate of drug-likeness (QED) is 0.721. The van der Waals surface area contributed by atoms with Crippen LogP contribution in [0.15, 0.2) is 40.5 Å². The lowest BCUT2D eigenvalue weighted by Gasteiger charge is -2.28. The van der Waals surface area contributed by atoms with E-state index >= 15 is 0 Å². The van der Waals surface area contributed by atoms with Crippen molar-refractivity contribution < 1.29 is 0 Å². The molecule has 0 bridgehead atoms. The van der Waals surface area contributed by atoms with Crippen molar-refractivity contribution in [2.24, 2.45) is 0 Å². The molecule has 0 spiro atoms. The molecule has 0 saturated heterocycles. The second-order valence-electron chi connectivity index (χ2n) is 6.01. The van der Waals surface area contributed by atoms with Crippen LogP contribution in [-0.2, 0) is 19.5 Å². The Morgan fingerprint density at radius 2 is 2.16 bits per heavy atom. The number of aromatic amines is 1. The second-order valence-corrected chi connectivity index (χ2v) is 7.80. The number of nitrogens with one attached hydrogen (secondary N) is 1. The smallest absolute Gasteiger partial charge is 0.254 e. The van der Waals surface area contributed by atoms with Gasteiger partial charge in [0.25, 0.3) is 5.56 Å². The van der Waals surface area contributed by atoms with Crippen molar-refractivity contribution in [3.8, 4) is 10.7 Å². The molecule has 1 aromatic carbocycles. The minimum absolute atomic E-state index is 0.0300. The molecule has 0 radical (unpaired) electrons. The monoisotopic (exact) mass is 391 g/mol. The zero-order valence-corrected chi connectivity index (χ0v) is 15.6. The number of nitrogens with zero attached hydrogens (tertiary/aromatic N) is 2. The van der Waals surface area contributed by atoms with Crippen molar-refractivity contribution in [3.05, 3.63) is 72.9 Å². The van der Waals surface area contributed by atoms with E-state index in [1.165, 1.54) is 0 Å². The lowest BCUT2D eigenvalue weighted by molar-refractivity contribution is 0.240. The topological polar surface area (TPSA) is 49.0 Å². The summed E-state index contributed by atoms with van der Waals surface area (Å²) in [5.74, 6) is 0.644. The van der Waals surface area contributed by atoms with Gasteiger partial charge in [0, 0.05) is 35.2 Å². The van der Waals surface area contributed by atoms with E-state index in [1.807, 2.05) is 29.6 Å². The Kier molecular flexibility index (Phi) is 4.65. The second kappa shape index (κ2) is 6.92. The number of aromatic nitrogens is 2. The lowest BCUT2D eigenvalue weighted by atomic mass is 10.1. The summed E-state index contributed by atoms with van der Waals surface area (Å²) in [6, 6.07) is 9.47. The molecule has 0 unspecified atom stereocenters. The van der Waals surface area contributed by atoms with Gasteiger partial charge in [-0.1, -0.05) is 35.3 Å². The first-order valence-corrected chi connectivity index (χ1v) is 9.56. The van der Waals surface area contributed by atoms with E-state index in [0.29, 0.717) is 35.4 Å². The predicted octanol–water partition coefficient (Wildman–Crippen LogP) is 4.36. The van der Waals surface area contributed by atoms with E-state index < -0.39 is 0 Å². The fourth-order valence-electron chi connectivity index (χ4n) is 3.05. The van der Waals surface area contributed by atoms with E-state index in [4.69, 9.17) is 28.2 Å². The third-order valence-corrected chi connectivity index (χ3v) is 5.78. The summed E-state index contributed by atoms with van der Waals surface area (Å²) in [5.41, 5.74) is 2.64. The van der Waals surface area contributed by atoms with Gasteiger partial charge in [0.15, 0.2) is 5.82 Å². The zero-order chi connectivity index (χ0) is 17.4. The van der Waals surface area contributed by atoms with Gasteiger partial charge in [0.2, 0.25) is 0 Å². The minimum atomic E-state index is -0.0300. The fourth-order valence-corrected chi connectivity index (χ4v) is 4.19. The van der Waals surface area contributed by atoms with Gasteiger partial charge in [-0.25, -0.2) is 4.98 Å². The van der Waals surface area contributed by atoms with E-state index in [9.17, 15) is 4.79 Å². The van der Waals surface area contributed by atoms with Crippen LogP contribution in [0.2, 0.25) is 10.0 Å². The van der Waals surface area contributed by atoms with Crippen molar-refractivity contribution in [1.82, 2.24) is 14.9 Å². The van der Waals surface area contributed by atoms with E-state index in [2.05, 4.69) is 9.88 Å². The number of H-pyrrole nitrogens is 1. The minimum Gasteiger partial charge on any atom is -0.306 e. The van der Waals surface area contributed by atoms with Gasteiger partial charge < -0.3 is 4.98 Å². The summed E-state index contributed by atoms with van der Waals surface area (Å²) in [6.45, 7) is 2.14. The summed E-state index contributed by atoms with van der Waals surface area (Å²) in [5, 5.41) is 3.27. The molecule has 0 atom stereocenters. The van der Waals surface area contributed by atoms with Gasteiger partial charge in [-0.15, -0.1) is 11.3 Å². The Balaban J connectivity index is 1.61. The number of benzene rings is 1. The van der Waals surface area contributed by atoms with Crippen molar-refractivity contribution >= 4 is 34.5 Å². The highest BCUT2D eigenvalue weighted by atomic mass is 35.5. The molecular formula is C18H15Cl2N3OS. The van der Waals surface area contributed by atoms with Crippen molar-refractivity contribution in [1.29, 1.82) is 0 Å². The average molecular weight is 392 g/mol. The first-order chi connectivity index (χ1) is 12.1. The first kappa shape index (κ1) is 16.8. The molecule has 25 heavy (non-hydrogen) atoms. The molecule has 128 valence electrons. The largest absolute Gasteiger partial charge is 0.306 e. The third kappa shape index (κ3) is 3.51. The molecule has 1 aliphatic heterocycles. The van der Waals surface area contributed by atoms with Gasteiger partial charge >= 0.3 is 0 Å². The van der Waals surface area contributed by atoms with E-state index in [1.54, 1.807) is 17.4 Å². The number of halogens is 2. The Bertz CT molecular complexity index is 969. The van der Waals surface area contributed by atoms with Crippen molar-refractivity contribution in [2.75, 3.05) is 6.54 Å². The number of thiophene rings is 1.